The summed E-state index contributed by atoms with van der Waals surface area (Å²) in [5.41, 5.74) is 1.75. The van der Waals surface area contributed by atoms with E-state index in [1.807, 2.05) is 38.1 Å². The van der Waals surface area contributed by atoms with Gasteiger partial charge in [0.2, 0.25) is 0 Å². The number of rotatable bonds is 3. The van der Waals surface area contributed by atoms with E-state index < -0.39 is 0 Å². The zero-order valence-electron chi connectivity index (χ0n) is 10.3. The maximum absolute atomic E-state index is 12.2. The quantitative estimate of drug-likeness (QED) is 0.915. The van der Waals surface area contributed by atoms with Gasteiger partial charge < -0.3 is 5.11 Å². The molecule has 0 fully saturated rings. The smallest absolute Gasteiger partial charge is 0.277 e. The Kier molecular flexibility index (Phi) is 3.73. The SMILES string of the molecule is CC(C)c1[nH]n(-c2ccccc2Br)c(=O)c1CO. The molecule has 18 heavy (non-hydrogen) atoms. The van der Waals surface area contributed by atoms with Crippen molar-refractivity contribution in [1.82, 2.24) is 9.78 Å². The number of nitrogens with one attached hydrogen (secondary N) is 1. The van der Waals surface area contributed by atoms with Gasteiger partial charge in [-0.1, -0.05) is 26.0 Å². The Morgan fingerprint density at radius 3 is 2.56 bits per heavy atom. The van der Waals surface area contributed by atoms with Gasteiger partial charge in [-0.25, -0.2) is 4.68 Å². The van der Waals surface area contributed by atoms with Crippen LogP contribution in [0.4, 0.5) is 0 Å². The second-order valence-electron chi connectivity index (χ2n) is 4.41. The van der Waals surface area contributed by atoms with Gasteiger partial charge in [0.05, 0.1) is 17.9 Å². The summed E-state index contributed by atoms with van der Waals surface area (Å²) in [4.78, 5) is 12.2. The van der Waals surface area contributed by atoms with Crippen LogP contribution in [0.2, 0.25) is 0 Å². The molecule has 2 aromatic rings. The first-order chi connectivity index (χ1) is 8.56. The molecule has 1 heterocycles. The molecule has 0 unspecified atom stereocenters. The van der Waals surface area contributed by atoms with Crippen molar-refractivity contribution in [1.29, 1.82) is 0 Å². The number of nitrogens with zero attached hydrogens (tertiary/aromatic N) is 1. The molecule has 96 valence electrons. The number of benzene rings is 1. The largest absolute Gasteiger partial charge is 0.391 e. The van der Waals surface area contributed by atoms with Gasteiger partial charge in [-0.2, -0.15) is 0 Å². The van der Waals surface area contributed by atoms with Crippen molar-refractivity contribution in [3.8, 4) is 5.69 Å². The molecule has 0 spiro atoms. The van der Waals surface area contributed by atoms with Gasteiger partial charge in [0.15, 0.2) is 0 Å². The van der Waals surface area contributed by atoms with Crippen LogP contribution in [0.5, 0.6) is 0 Å². The summed E-state index contributed by atoms with van der Waals surface area (Å²) in [6, 6.07) is 7.46. The van der Waals surface area contributed by atoms with Crippen molar-refractivity contribution in [3.05, 3.63) is 50.3 Å². The first-order valence-corrected chi connectivity index (χ1v) is 6.55. The first-order valence-electron chi connectivity index (χ1n) is 5.75. The highest BCUT2D eigenvalue weighted by atomic mass is 79.9. The second kappa shape index (κ2) is 5.12. The van der Waals surface area contributed by atoms with E-state index in [0.717, 1.165) is 15.9 Å². The number of aliphatic hydroxyl groups excluding tert-OH is 1. The standard InChI is InChI=1S/C13H15BrN2O2/c1-8(2)12-9(7-17)13(18)16(15-12)11-6-4-3-5-10(11)14/h3-6,8,15,17H,7H2,1-2H3. The van der Waals surface area contributed by atoms with Gasteiger partial charge in [0.25, 0.3) is 5.56 Å². The third-order valence-electron chi connectivity index (χ3n) is 2.85. The molecule has 0 atom stereocenters. The van der Waals surface area contributed by atoms with Crippen LogP contribution >= 0.6 is 15.9 Å². The fraction of sp³-hybridized carbons (Fsp3) is 0.308. The van der Waals surface area contributed by atoms with Crippen LogP contribution < -0.4 is 5.56 Å². The van der Waals surface area contributed by atoms with Gasteiger partial charge in [0, 0.05) is 10.2 Å². The first kappa shape index (κ1) is 13.1. The summed E-state index contributed by atoms with van der Waals surface area (Å²) < 4.78 is 2.29. The lowest BCUT2D eigenvalue weighted by Crippen LogP contribution is -2.17. The molecule has 0 saturated carbocycles. The number of H-pyrrole nitrogens is 1. The molecule has 1 aromatic heterocycles. The summed E-state index contributed by atoms with van der Waals surface area (Å²) in [7, 11) is 0. The maximum Gasteiger partial charge on any atom is 0.277 e. The molecule has 4 nitrogen and oxygen atoms in total. The van der Waals surface area contributed by atoms with E-state index in [-0.39, 0.29) is 18.1 Å². The van der Waals surface area contributed by atoms with Crippen molar-refractivity contribution in [3.63, 3.8) is 0 Å². The van der Waals surface area contributed by atoms with Crippen molar-refractivity contribution in [2.24, 2.45) is 0 Å². The predicted octanol–water partition coefficient (Wildman–Crippen LogP) is 2.54. The van der Waals surface area contributed by atoms with Crippen molar-refractivity contribution in [2.75, 3.05) is 0 Å². The number of aromatic amines is 1. The van der Waals surface area contributed by atoms with Crippen LogP contribution in [0, 0.1) is 0 Å². The average molecular weight is 311 g/mol. The monoisotopic (exact) mass is 310 g/mol. The highest BCUT2D eigenvalue weighted by molar-refractivity contribution is 9.10. The molecule has 0 radical (unpaired) electrons. The third-order valence-corrected chi connectivity index (χ3v) is 3.52. The van der Waals surface area contributed by atoms with Gasteiger partial charge >= 0.3 is 0 Å². The van der Waals surface area contributed by atoms with Crippen molar-refractivity contribution >= 4 is 15.9 Å². The molecule has 0 aliphatic carbocycles. The van der Waals surface area contributed by atoms with Gasteiger partial charge in [-0.15, -0.1) is 0 Å². The van der Waals surface area contributed by atoms with Crippen LogP contribution in [0.15, 0.2) is 33.5 Å². The zero-order valence-corrected chi connectivity index (χ0v) is 11.9. The van der Waals surface area contributed by atoms with Gasteiger partial charge in [0.1, 0.15) is 0 Å². The van der Waals surface area contributed by atoms with Crippen LogP contribution in [0.1, 0.15) is 31.0 Å². The number of halogens is 1. The molecule has 5 heteroatoms. The highest BCUT2D eigenvalue weighted by Gasteiger charge is 2.17. The summed E-state index contributed by atoms with van der Waals surface area (Å²) in [5, 5.41) is 12.4. The third kappa shape index (κ3) is 2.15. The average Bonchev–Trinajstić information content (AvgIpc) is 2.67. The number of hydrogen-bond donors (Lipinski definition) is 2. The fourth-order valence-corrected chi connectivity index (χ4v) is 2.38. The zero-order chi connectivity index (χ0) is 13.3. The Labute approximate surface area is 113 Å². The van der Waals surface area contributed by atoms with Crippen LogP contribution in [0.3, 0.4) is 0 Å². The molecule has 2 N–H and O–H groups in total. The fourth-order valence-electron chi connectivity index (χ4n) is 1.92. The van der Waals surface area contributed by atoms with Crippen molar-refractivity contribution in [2.45, 2.75) is 26.4 Å². The molecule has 0 aliphatic rings. The van der Waals surface area contributed by atoms with Gasteiger partial charge in [-0.05, 0) is 34.0 Å². The lowest BCUT2D eigenvalue weighted by atomic mass is 10.1. The minimum atomic E-state index is -0.250. The molecule has 2 rings (SSSR count). The Morgan fingerprint density at radius 2 is 2.06 bits per heavy atom. The molecular formula is C13H15BrN2O2. The second-order valence-corrected chi connectivity index (χ2v) is 5.26. The van der Waals surface area contributed by atoms with E-state index in [0.29, 0.717) is 5.56 Å². The summed E-state index contributed by atoms with van der Waals surface area (Å²) >= 11 is 3.42. The predicted molar refractivity (Wildman–Crippen MR) is 74.1 cm³/mol. The Bertz CT molecular complexity index is 614. The molecule has 0 aliphatic heterocycles. The molecule has 1 aromatic carbocycles. The maximum atomic E-state index is 12.2. The summed E-state index contributed by atoms with van der Waals surface area (Å²) in [6.07, 6.45) is 0. The van der Waals surface area contributed by atoms with E-state index in [9.17, 15) is 9.90 Å². The van der Waals surface area contributed by atoms with E-state index >= 15 is 0 Å². The van der Waals surface area contributed by atoms with Crippen molar-refractivity contribution < 1.29 is 5.11 Å². The highest BCUT2D eigenvalue weighted by Crippen LogP contribution is 2.21. The summed E-state index contributed by atoms with van der Waals surface area (Å²) in [6.45, 7) is 3.71. The number of aliphatic hydroxyl groups is 1. The summed E-state index contributed by atoms with van der Waals surface area (Å²) in [5.74, 6) is 0.156. The lowest BCUT2D eigenvalue weighted by molar-refractivity contribution is 0.279. The molecule has 0 saturated heterocycles. The number of para-hydroxylation sites is 1. The minimum absolute atomic E-state index is 0.156. The molecular weight excluding hydrogens is 296 g/mol. The Hall–Kier alpha value is -1.33. The minimum Gasteiger partial charge on any atom is -0.391 e. The number of hydrogen-bond acceptors (Lipinski definition) is 2. The topological polar surface area (TPSA) is 58.0 Å². The van der Waals surface area contributed by atoms with E-state index in [4.69, 9.17) is 0 Å². The molecule has 0 bridgehead atoms. The molecule has 0 amide bonds. The lowest BCUT2D eigenvalue weighted by Gasteiger charge is -2.05. The van der Waals surface area contributed by atoms with Crippen LogP contribution in [-0.2, 0) is 6.61 Å². The van der Waals surface area contributed by atoms with Gasteiger partial charge in [-0.3, -0.25) is 9.89 Å². The number of aromatic nitrogens is 2. The normalized spacial score (nSPS) is 11.2. The Balaban J connectivity index is 2.67. The Morgan fingerprint density at radius 1 is 1.39 bits per heavy atom. The van der Waals surface area contributed by atoms with E-state index in [1.54, 1.807) is 0 Å². The van der Waals surface area contributed by atoms with E-state index in [1.165, 1.54) is 4.68 Å². The van der Waals surface area contributed by atoms with E-state index in [2.05, 4.69) is 21.0 Å². The van der Waals surface area contributed by atoms with Crippen LogP contribution in [0.25, 0.3) is 5.69 Å². The van der Waals surface area contributed by atoms with Crippen LogP contribution in [-0.4, -0.2) is 14.9 Å².